The molecular formula is C19H24N2O. The molecule has 1 atom stereocenters. The van der Waals surface area contributed by atoms with Crippen molar-refractivity contribution in [3.05, 3.63) is 48.0 Å². The summed E-state index contributed by atoms with van der Waals surface area (Å²) in [4.78, 5) is 13.7. The molecule has 0 spiro atoms. The quantitative estimate of drug-likeness (QED) is 0.940. The molecule has 1 aliphatic rings. The van der Waals surface area contributed by atoms with Crippen molar-refractivity contribution < 1.29 is 4.79 Å². The lowest BCUT2D eigenvalue weighted by Crippen LogP contribution is -2.44. The Morgan fingerprint density at radius 1 is 1.14 bits per heavy atom. The summed E-state index contributed by atoms with van der Waals surface area (Å²) in [6, 6.07) is 15.9. The number of fused-ring (bicyclic) bond motifs is 1. The molecule has 0 aliphatic carbocycles. The number of hydrogen-bond acceptors (Lipinski definition) is 2. The van der Waals surface area contributed by atoms with Gasteiger partial charge >= 0.3 is 0 Å². The Balaban J connectivity index is 1.74. The maximum absolute atomic E-state index is 11.2. The molecule has 1 saturated heterocycles. The molecule has 1 heterocycles. The van der Waals surface area contributed by atoms with E-state index in [0.29, 0.717) is 12.1 Å². The summed E-state index contributed by atoms with van der Waals surface area (Å²) < 4.78 is 0. The van der Waals surface area contributed by atoms with Gasteiger partial charge < -0.3 is 5.32 Å². The molecule has 116 valence electrons. The summed E-state index contributed by atoms with van der Waals surface area (Å²) in [5.74, 6) is 0.0838. The number of amides is 1. The highest BCUT2D eigenvalue weighted by molar-refractivity contribution is 5.86. The maximum atomic E-state index is 11.2. The molecular weight excluding hydrogens is 272 g/mol. The van der Waals surface area contributed by atoms with Crippen molar-refractivity contribution in [3.63, 3.8) is 0 Å². The van der Waals surface area contributed by atoms with Gasteiger partial charge in [-0.1, -0.05) is 42.5 Å². The van der Waals surface area contributed by atoms with Gasteiger partial charge in [-0.05, 0) is 36.1 Å². The van der Waals surface area contributed by atoms with Crippen molar-refractivity contribution in [2.75, 3.05) is 13.1 Å². The van der Waals surface area contributed by atoms with E-state index in [1.807, 2.05) is 0 Å². The van der Waals surface area contributed by atoms with Crippen molar-refractivity contribution in [2.24, 2.45) is 0 Å². The minimum absolute atomic E-state index is 0.0838. The zero-order valence-corrected chi connectivity index (χ0v) is 13.4. The monoisotopic (exact) mass is 296 g/mol. The van der Waals surface area contributed by atoms with E-state index in [2.05, 4.69) is 59.6 Å². The van der Waals surface area contributed by atoms with Gasteiger partial charge in [-0.15, -0.1) is 0 Å². The highest BCUT2D eigenvalue weighted by atomic mass is 16.1. The smallest absolute Gasteiger partial charge is 0.217 e. The van der Waals surface area contributed by atoms with E-state index in [4.69, 9.17) is 0 Å². The van der Waals surface area contributed by atoms with E-state index in [0.717, 1.165) is 25.9 Å². The van der Waals surface area contributed by atoms with Crippen molar-refractivity contribution in [3.8, 4) is 0 Å². The van der Waals surface area contributed by atoms with Crippen molar-refractivity contribution in [1.82, 2.24) is 10.2 Å². The highest BCUT2D eigenvalue weighted by Gasteiger charge is 2.24. The van der Waals surface area contributed by atoms with Crippen LogP contribution in [-0.2, 0) is 4.79 Å². The van der Waals surface area contributed by atoms with E-state index in [-0.39, 0.29) is 5.91 Å². The van der Waals surface area contributed by atoms with E-state index < -0.39 is 0 Å². The molecule has 3 rings (SSSR count). The molecule has 1 fully saturated rings. The van der Waals surface area contributed by atoms with Crippen LogP contribution >= 0.6 is 0 Å². The molecule has 1 amide bonds. The normalized spacial score (nSPS) is 18.3. The van der Waals surface area contributed by atoms with Crippen LogP contribution in [0.2, 0.25) is 0 Å². The Bertz CT molecular complexity index is 654. The van der Waals surface area contributed by atoms with Gasteiger partial charge in [-0.25, -0.2) is 0 Å². The minimum atomic E-state index is 0.0838. The number of piperidine rings is 1. The van der Waals surface area contributed by atoms with E-state index in [1.54, 1.807) is 6.92 Å². The second-order valence-electron chi connectivity index (χ2n) is 6.26. The van der Waals surface area contributed by atoms with Crippen molar-refractivity contribution in [1.29, 1.82) is 0 Å². The Kier molecular flexibility index (Phi) is 4.44. The molecule has 0 bridgehead atoms. The standard InChI is InChI=1S/C19H24N2O/c1-14(21-12-10-17(11-13-21)20-15(2)22)18-9-5-7-16-6-3-4-8-19(16)18/h3-9,14,17H,10-13H2,1-2H3,(H,20,22)/t14-/m0/s1. The second kappa shape index (κ2) is 6.49. The fourth-order valence-electron chi connectivity index (χ4n) is 3.53. The molecule has 0 radical (unpaired) electrons. The van der Waals surface area contributed by atoms with Crippen LogP contribution in [-0.4, -0.2) is 29.9 Å². The third-order valence-corrected chi connectivity index (χ3v) is 4.76. The summed E-state index contributed by atoms with van der Waals surface area (Å²) in [7, 11) is 0. The largest absolute Gasteiger partial charge is 0.354 e. The lowest BCUT2D eigenvalue weighted by Gasteiger charge is -2.36. The van der Waals surface area contributed by atoms with Crippen LogP contribution in [0.5, 0.6) is 0 Å². The first-order chi connectivity index (χ1) is 10.6. The van der Waals surface area contributed by atoms with Crippen LogP contribution in [0.25, 0.3) is 10.8 Å². The van der Waals surface area contributed by atoms with Gasteiger partial charge in [0.1, 0.15) is 0 Å². The topological polar surface area (TPSA) is 32.3 Å². The Morgan fingerprint density at radius 3 is 2.55 bits per heavy atom. The van der Waals surface area contributed by atoms with E-state index >= 15 is 0 Å². The third kappa shape index (κ3) is 3.14. The molecule has 1 aliphatic heterocycles. The third-order valence-electron chi connectivity index (χ3n) is 4.76. The van der Waals surface area contributed by atoms with Crippen molar-refractivity contribution >= 4 is 16.7 Å². The number of nitrogens with zero attached hydrogens (tertiary/aromatic N) is 1. The van der Waals surface area contributed by atoms with Gasteiger partial charge in [0.15, 0.2) is 0 Å². The summed E-state index contributed by atoms with van der Waals surface area (Å²) >= 11 is 0. The molecule has 0 aromatic heterocycles. The molecule has 2 aromatic rings. The number of benzene rings is 2. The summed E-state index contributed by atoms with van der Waals surface area (Å²) in [5.41, 5.74) is 1.40. The lowest BCUT2D eigenvalue weighted by atomic mass is 9.96. The van der Waals surface area contributed by atoms with Crippen LogP contribution in [0, 0.1) is 0 Å². The lowest BCUT2D eigenvalue weighted by molar-refractivity contribution is -0.120. The number of carbonyl (C=O) groups excluding carboxylic acids is 1. The predicted molar refractivity (Wildman–Crippen MR) is 90.8 cm³/mol. The Labute approximate surface area is 132 Å². The number of nitrogens with one attached hydrogen (secondary N) is 1. The van der Waals surface area contributed by atoms with Gasteiger partial charge in [0.2, 0.25) is 5.91 Å². The van der Waals surface area contributed by atoms with Gasteiger partial charge in [-0.2, -0.15) is 0 Å². The molecule has 22 heavy (non-hydrogen) atoms. The number of carbonyl (C=O) groups is 1. The first kappa shape index (κ1) is 15.0. The summed E-state index contributed by atoms with van der Waals surface area (Å²) in [5, 5.41) is 5.70. The first-order valence-electron chi connectivity index (χ1n) is 8.14. The van der Waals surface area contributed by atoms with Gasteiger partial charge in [-0.3, -0.25) is 9.69 Å². The van der Waals surface area contributed by atoms with Crippen LogP contribution in [0.4, 0.5) is 0 Å². The minimum Gasteiger partial charge on any atom is -0.354 e. The number of hydrogen-bond donors (Lipinski definition) is 1. The number of rotatable bonds is 3. The fraction of sp³-hybridized carbons (Fsp3) is 0.421. The van der Waals surface area contributed by atoms with E-state index in [9.17, 15) is 4.79 Å². The maximum Gasteiger partial charge on any atom is 0.217 e. The summed E-state index contributed by atoms with van der Waals surface area (Å²) in [6.07, 6.45) is 2.07. The fourth-order valence-corrected chi connectivity index (χ4v) is 3.53. The average molecular weight is 296 g/mol. The zero-order valence-electron chi connectivity index (χ0n) is 13.4. The van der Waals surface area contributed by atoms with Gasteiger partial charge in [0.05, 0.1) is 0 Å². The van der Waals surface area contributed by atoms with Crippen LogP contribution < -0.4 is 5.32 Å². The summed E-state index contributed by atoms with van der Waals surface area (Å²) in [6.45, 7) is 5.97. The van der Waals surface area contributed by atoms with Gasteiger partial charge in [0.25, 0.3) is 0 Å². The Hall–Kier alpha value is -1.87. The Morgan fingerprint density at radius 2 is 1.82 bits per heavy atom. The van der Waals surface area contributed by atoms with Crippen molar-refractivity contribution in [2.45, 2.75) is 38.8 Å². The zero-order chi connectivity index (χ0) is 15.5. The first-order valence-corrected chi connectivity index (χ1v) is 8.14. The SMILES string of the molecule is CC(=O)NC1CCN([C@@H](C)c2cccc3ccccc23)CC1. The highest BCUT2D eigenvalue weighted by Crippen LogP contribution is 2.29. The average Bonchev–Trinajstić information content (AvgIpc) is 2.54. The number of likely N-dealkylation sites (tertiary alicyclic amines) is 1. The molecule has 2 aromatic carbocycles. The predicted octanol–water partition coefficient (Wildman–Crippen LogP) is 3.50. The van der Waals surface area contributed by atoms with Gasteiger partial charge in [0, 0.05) is 32.1 Å². The molecule has 3 heteroatoms. The molecule has 0 unspecified atom stereocenters. The van der Waals surface area contributed by atoms with Crippen LogP contribution in [0.1, 0.15) is 38.3 Å². The molecule has 3 nitrogen and oxygen atoms in total. The van der Waals surface area contributed by atoms with Crippen LogP contribution in [0.15, 0.2) is 42.5 Å². The van der Waals surface area contributed by atoms with E-state index in [1.165, 1.54) is 16.3 Å². The molecule has 1 N–H and O–H groups in total. The molecule has 0 saturated carbocycles. The second-order valence-corrected chi connectivity index (χ2v) is 6.26. The van der Waals surface area contributed by atoms with Crippen LogP contribution in [0.3, 0.4) is 0 Å².